The van der Waals surface area contributed by atoms with Crippen molar-refractivity contribution in [3.63, 3.8) is 0 Å². The molecule has 2 saturated heterocycles. The van der Waals surface area contributed by atoms with Crippen LogP contribution in [0.5, 0.6) is 0 Å². The number of hydrogen-bond acceptors (Lipinski definition) is 5. The van der Waals surface area contributed by atoms with E-state index in [9.17, 15) is 22.8 Å². The Morgan fingerprint density at radius 1 is 1.18 bits per heavy atom. The number of aromatic nitrogens is 2. The van der Waals surface area contributed by atoms with Gasteiger partial charge in [0.25, 0.3) is 11.6 Å². The molecule has 3 aromatic rings. The number of piperazine rings is 1. The van der Waals surface area contributed by atoms with Gasteiger partial charge in [0.1, 0.15) is 0 Å². The van der Waals surface area contributed by atoms with Crippen LogP contribution in [-0.4, -0.2) is 76.0 Å². The van der Waals surface area contributed by atoms with Gasteiger partial charge in [-0.05, 0) is 25.1 Å². The van der Waals surface area contributed by atoms with Crippen molar-refractivity contribution >= 4 is 23.0 Å². The van der Waals surface area contributed by atoms with Crippen molar-refractivity contribution in [1.82, 2.24) is 24.8 Å². The number of pyridine rings is 1. The summed E-state index contributed by atoms with van der Waals surface area (Å²) in [4.78, 5) is 35.1. The quantitative estimate of drug-likeness (QED) is 0.587. The lowest BCUT2D eigenvalue weighted by Gasteiger charge is -2.36. The highest BCUT2D eigenvalue weighted by Crippen LogP contribution is 2.34. The topological polar surface area (TPSA) is 82.8 Å². The van der Waals surface area contributed by atoms with E-state index in [4.69, 9.17) is 4.52 Å². The number of benzene rings is 1. The summed E-state index contributed by atoms with van der Waals surface area (Å²) in [7, 11) is 1.72. The summed E-state index contributed by atoms with van der Waals surface area (Å²) < 4.78 is 44.9. The zero-order chi connectivity index (χ0) is 23.5. The maximum absolute atomic E-state index is 13.6. The van der Waals surface area contributed by atoms with Gasteiger partial charge in [-0.3, -0.25) is 4.79 Å². The molecule has 1 atom stereocenters. The molecule has 2 aromatic heterocycles. The number of likely N-dealkylation sites (N-methyl/N-ethyl adjacent to an activating group) is 1. The van der Waals surface area contributed by atoms with Gasteiger partial charge in [0.15, 0.2) is 0 Å². The molecule has 0 spiro atoms. The molecule has 1 unspecified atom stereocenters. The molecular weight excluding hydrogens is 439 g/mol. The van der Waals surface area contributed by atoms with Crippen molar-refractivity contribution in [2.24, 2.45) is 0 Å². The minimum absolute atomic E-state index is 0.0555. The van der Waals surface area contributed by atoms with E-state index in [0.717, 1.165) is 12.1 Å². The normalized spacial score (nSPS) is 18.9. The van der Waals surface area contributed by atoms with Crippen molar-refractivity contribution in [1.29, 1.82) is 0 Å². The highest BCUT2D eigenvalue weighted by Gasteiger charge is 2.40. The maximum atomic E-state index is 13.6. The summed E-state index contributed by atoms with van der Waals surface area (Å²) in [6.45, 7) is 3.33. The van der Waals surface area contributed by atoms with E-state index in [1.165, 1.54) is 18.2 Å². The van der Waals surface area contributed by atoms with Crippen LogP contribution >= 0.6 is 0 Å². The van der Waals surface area contributed by atoms with E-state index in [0.29, 0.717) is 37.3 Å². The molecule has 2 fully saturated rings. The van der Waals surface area contributed by atoms with Crippen LogP contribution in [0.1, 0.15) is 21.6 Å². The van der Waals surface area contributed by atoms with Gasteiger partial charge < -0.3 is 19.2 Å². The number of hydrogen-bond donors (Lipinski definition) is 0. The minimum Gasteiger partial charge on any atom is -0.335 e. The summed E-state index contributed by atoms with van der Waals surface area (Å²) in [6, 6.07) is 6.09. The Morgan fingerprint density at radius 3 is 2.73 bits per heavy atom. The van der Waals surface area contributed by atoms with Gasteiger partial charge in [0.2, 0.25) is 0 Å². The van der Waals surface area contributed by atoms with Crippen LogP contribution in [0.15, 0.2) is 34.9 Å². The molecule has 0 saturated carbocycles. The molecule has 2 aliphatic rings. The second-order valence-corrected chi connectivity index (χ2v) is 8.34. The largest absolute Gasteiger partial charge is 0.416 e. The minimum atomic E-state index is -4.51. The Hall–Kier alpha value is -3.63. The van der Waals surface area contributed by atoms with E-state index >= 15 is 0 Å². The van der Waals surface area contributed by atoms with Crippen LogP contribution in [0.4, 0.5) is 18.0 Å². The third-order valence-electron chi connectivity index (χ3n) is 6.16. The number of nitrogens with zero attached hydrogens (tertiary/aromatic N) is 5. The maximum Gasteiger partial charge on any atom is 0.416 e. The van der Waals surface area contributed by atoms with Gasteiger partial charge in [-0.15, -0.1) is 0 Å². The monoisotopic (exact) mass is 459 g/mol. The average Bonchev–Trinajstić information content (AvgIpc) is 3.31. The predicted octanol–water partition coefficient (Wildman–Crippen LogP) is 3.41. The van der Waals surface area contributed by atoms with Crippen molar-refractivity contribution < 1.29 is 27.3 Å². The molecular formula is C22H20F3N5O3. The third-order valence-corrected chi connectivity index (χ3v) is 6.16. The molecule has 33 heavy (non-hydrogen) atoms. The molecule has 1 aromatic carbocycles. The number of halogens is 3. The number of urea groups is 1. The SMILES string of the molecule is Cc1noc2nc(-c3cccc(C(F)(F)F)c3)cc(C(=O)N3CCN4C(=O)N(C)CC4C3)c12. The van der Waals surface area contributed by atoms with Gasteiger partial charge in [-0.2, -0.15) is 13.2 Å². The number of amides is 3. The molecule has 4 heterocycles. The van der Waals surface area contributed by atoms with Crippen LogP contribution < -0.4 is 0 Å². The zero-order valence-electron chi connectivity index (χ0n) is 17.9. The molecule has 5 rings (SSSR count). The van der Waals surface area contributed by atoms with Gasteiger partial charge in [-0.25, -0.2) is 9.78 Å². The van der Waals surface area contributed by atoms with Crippen LogP contribution in [0.25, 0.3) is 22.4 Å². The van der Waals surface area contributed by atoms with E-state index in [-0.39, 0.29) is 40.5 Å². The number of aryl methyl sites for hydroxylation is 1. The molecule has 0 radical (unpaired) electrons. The van der Waals surface area contributed by atoms with Crippen molar-refractivity contribution in [3.05, 3.63) is 47.2 Å². The van der Waals surface area contributed by atoms with Crippen LogP contribution in [-0.2, 0) is 6.18 Å². The van der Waals surface area contributed by atoms with Crippen LogP contribution in [0.3, 0.4) is 0 Å². The van der Waals surface area contributed by atoms with Crippen molar-refractivity contribution in [3.8, 4) is 11.3 Å². The summed E-state index contributed by atoms with van der Waals surface area (Å²) in [5.41, 5.74) is 0.392. The first kappa shape index (κ1) is 21.2. The van der Waals surface area contributed by atoms with E-state index in [1.807, 2.05) is 0 Å². The van der Waals surface area contributed by atoms with Gasteiger partial charge in [0, 0.05) is 38.8 Å². The first-order valence-corrected chi connectivity index (χ1v) is 10.4. The van der Waals surface area contributed by atoms with E-state index in [2.05, 4.69) is 10.1 Å². The Labute approximate surface area is 186 Å². The van der Waals surface area contributed by atoms with Crippen molar-refractivity contribution in [2.75, 3.05) is 33.2 Å². The van der Waals surface area contributed by atoms with E-state index in [1.54, 1.807) is 28.7 Å². The summed E-state index contributed by atoms with van der Waals surface area (Å²) in [6.07, 6.45) is -4.51. The van der Waals surface area contributed by atoms with Crippen LogP contribution in [0.2, 0.25) is 0 Å². The standard InChI is InChI=1S/C22H20F3N5O3/c1-12-18-16(20(31)29-6-7-30-15(11-29)10-28(2)21(30)32)9-17(26-19(18)33-27-12)13-4-3-5-14(8-13)22(23,24)25/h3-5,8-9,15H,6-7,10-11H2,1-2H3. The average molecular weight is 459 g/mol. The second-order valence-electron chi connectivity index (χ2n) is 8.34. The second kappa shape index (κ2) is 7.46. The zero-order valence-corrected chi connectivity index (χ0v) is 17.9. The number of carbonyl (C=O) groups excluding carboxylic acids is 2. The smallest absolute Gasteiger partial charge is 0.335 e. The molecule has 0 bridgehead atoms. The highest BCUT2D eigenvalue weighted by atomic mass is 19.4. The Kier molecular flexibility index (Phi) is 4.80. The fourth-order valence-electron chi connectivity index (χ4n) is 4.50. The fraction of sp³-hybridized carbons (Fsp3) is 0.364. The Morgan fingerprint density at radius 2 is 1.97 bits per heavy atom. The predicted molar refractivity (Wildman–Crippen MR) is 111 cm³/mol. The molecule has 172 valence electrons. The molecule has 0 aliphatic carbocycles. The summed E-state index contributed by atoms with van der Waals surface area (Å²) >= 11 is 0. The number of fused-ring (bicyclic) bond motifs is 2. The summed E-state index contributed by atoms with van der Waals surface area (Å²) in [5, 5.41) is 4.33. The lowest BCUT2D eigenvalue weighted by atomic mass is 10.0. The molecule has 8 nitrogen and oxygen atoms in total. The summed E-state index contributed by atoms with van der Waals surface area (Å²) in [5.74, 6) is -0.302. The Bertz CT molecular complexity index is 1270. The Balaban J connectivity index is 1.54. The fourth-order valence-corrected chi connectivity index (χ4v) is 4.50. The number of alkyl halides is 3. The van der Waals surface area contributed by atoms with Gasteiger partial charge >= 0.3 is 12.2 Å². The van der Waals surface area contributed by atoms with E-state index < -0.39 is 11.7 Å². The first-order valence-electron chi connectivity index (χ1n) is 10.4. The highest BCUT2D eigenvalue weighted by molar-refractivity contribution is 6.07. The first-order chi connectivity index (χ1) is 15.6. The lowest BCUT2D eigenvalue weighted by Crippen LogP contribution is -2.53. The molecule has 0 N–H and O–H groups in total. The molecule has 2 aliphatic heterocycles. The van der Waals surface area contributed by atoms with Crippen molar-refractivity contribution in [2.45, 2.75) is 19.1 Å². The lowest BCUT2D eigenvalue weighted by molar-refractivity contribution is -0.137. The number of rotatable bonds is 2. The molecule has 3 amide bonds. The van der Waals surface area contributed by atoms with Gasteiger partial charge in [0.05, 0.1) is 33.9 Å². The number of carbonyl (C=O) groups is 2. The van der Waals surface area contributed by atoms with Crippen LogP contribution in [0, 0.1) is 6.92 Å². The third kappa shape index (κ3) is 3.57. The molecule has 11 heteroatoms. The van der Waals surface area contributed by atoms with Gasteiger partial charge in [-0.1, -0.05) is 17.3 Å².